The van der Waals surface area contributed by atoms with Gasteiger partial charge in [0.2, 0.25) is 5.91 Å². The molecule has 1 aliphatic carbocycles. The van der Waals surface area contributed by atoms with Crippen molar-refractivity contribution in [1.82, 2.24) is 24.8 Å². The van der Waals surface area contributed by atoms with E-state index in [4.69, 9.17) is 0 Å². The molecule has 3 rings (SSSR count). The molecule has 2 aromatic heterocycles. The molecule has 1 amide bonds. The first-order chi connectivity index (χ1) is 11.4. The number of hydrogen-bond donors (Lipinski definition) is 3. The van der Waals surface area contributed by atoms with Gasteiger partial charge in [-0.05, 0) is 17.9 Å². The number of imidazole rings is 1. The minimum atomic E-state index is -0.623. The lowest BCUT2D eigenvalue weighted by Gasteiger charge is -2.19. The van der Waals surface area contributed by atoms with Crippen LogP contribution in [0.1, 0.15) is 20.3 Å². The number of carbonyl (C=O) groups excluding carboxylic acids is 1. The lowest BCUT2D eigenvalue weighted by atomic mass is 9.95. The predicted octanol–water partition coefficient (Wildman–Crippen LogP) is 0.440. The van der Waals surface area contributed by atoms with Crippen molar-refractivity contribution in [2.24, 2.45) is 5.92 Å². The highest BCUT2D eigenvalue weighted by molar-refractivity contribution is 5.79. The number of aromatic amines is 2. The fraction of sp³-hybridized carbons (Fsp3) is 0.375. The van der Waals surface area contributed by atoms with E-state index in [1.54, 1.807) is 0 Å². The van der Waals surface area contributed by atoms with Crippen LogP contribution in [0.4, 0.5) is 0 Å². The van der Waals surface area contributed by atoms with Crippen LogP contribution in [0.5, 0.6) is 0 Å². The summed E-state index contributed by atoms with van der Waals surface area (Å²) in [6, 6.07) is -0.0622. The number of fused-ring (bicyclic) bond motifs is 1. The van der Waals surface area contributed by atoms with Gasteiger partial charge in [0.15, 0.2) is 11.2 Å². The quantitative estimate of drug-likeness (QED) is 0.755. The van der Waals surface area contributed by atoms with Crippen molar-refractivity contribution in [3.63, 3.8) is 0 Å². The average molecular weight is 329 g/mol. The van der Waals surface area contributed by atoms with Gasteiger partial charge in [-0.1, -0.05) is 32.1 Å². The van der Waals surface area contributed by atoms with E-state index in [0.717, 1.165) is 6.42 Å². The Morgan fingerprint density at radius 3 is 2.88 bits per heavy atom. The molecule has 2 heterocycles. The van der Waals surface area contributed by atoms with E-state index in [0.29, 0.717) is 5.92 Å². The zero-order valence-electron chi connectivity index (χ0n) is 13.5. The van der Waals surface area contributed by atoms with Crippen LogP contribution in [-0.4, -0.2) is 31.5 Å². The fourth-order valence-corrected chi connectivity index (χ4v) is 2.71. The largest absolute Gasteiger partial charge is 0.348 e. The molecule has 0 radical (unpaired) electrons. The maximum Gasteiger partial charge on any atom is 0.327 e. The zero-order valence-corrected chi connectivity index (χ0v) is 13.5. The number of carbonyl (C=O) groups is 1. The molecule has 0 saturated heterocycles. The molecule has 8 heteroatoms. The van der Waals surface area contributed by atoms with Crippen LogP contribution >= 0.6 is 0 Å². The van der Waals surface area contributed by atoms with Gasteiger partial charge in [-0.3, -0.25) is 19.6 Å². The molecule has 0 aliphatic heterocycles. The monoisotopic (exact) mass is 329 g/mol. The number of allylic oxidation sites excluding steroid dienone is 2. The van der Waals surface area contributed by atoms with Crippen molar-refractivity contribution in [2.45, 2.75) is 32.9 Å². The summed E-state index contributed by atoms with van der Waals surface area (Å²) in [6.07, 6.45) is 8.24. The number of rotatable bonds is 4. The smallest absolute Gasteiger partial charge is 0.327 e. The van der Waals surface area contributed by atoms with Crippen LogP contribution in [0.3, 0.4) is 0 Å². The van der Waals surface area contributed by atoms with Gasteiger partial charge in [-0.25, -0.2) is 9.78 Å². The number of amides is 1. The van der Waals surface area contributed by atoms with Crippen molar-refractivity contribution in [3.05, 3.63) is 51.0 Å². The van der Waals surface area contributed by atoms with Crippen LogP contribution < -0.4 is 16.6 Å². The lowest BCUT2D eigenvalue weighted by molar-refractivity contribution is -0.122. The van der Waals surface area contributed by atoms with Crippen molar-refractivity contribution >= 4 is 17.1 Å². The lowest BCUT2D eigenvalue weighted by Crippen LogP contribution is -2.36. The summed E-state index contributed by atoms with van der Waals surface area (Å²) in [7, 11) is 0. The Morgan fingerprint density at radius 2 is 2.21 bits per heavy atom. The summed E-state index contributed by atoms with van der Waals surface area (Å²) < 4.78 is 1.42. The van der Waals surface area contributed by atoms with Crippen LogP contribution in [0.15, 0.2) is 39.7 Å². The van der Waals surface area contributed by atoms with E-state index >= 15 is 0 Å². The molecule has 1 aliphatic rings. The maximum atomic E-state index is 12.2. The van der Waals surface area contributed by atoms with E-state index < -0.39 is 11.2 Å². The molecule has 24 heavy (non-hydrogen) atoms. The number of nitrogens with zero attached hydrogens (tertiary/aromatic N) is 2. The first kappa shape index (κ1) is 16.0. The molecule has 1 atom stereocenters. The second-order valence-electron chi connectivity index (χ2n) is 6.11. The Balaban J connectivity index is 1.70. The Morgan fingerprint density at radius 1 is 1.42 bits per heavy atom. The first-order valence-corrected chi connectivity index (χ1v) is 7.79. The Bertz CT molecular complexity index is 945. The number of nitrogens with one attached hydrogen (secondary N) is 3. The van der Waals surface area contributed by atoms with E-state index in [1.165, 1.54) is 16.5 Å². The minimum absolute atomic E-state index is 0.0449. The van der Waals surface area contributed by atoms with Gasteiger partial charge in [0, 0.05) is 0 Å². The van der Waals surface area contributed by atoms with Crippen LogP contribution in [0, 0.1) is 5.92 Å². The molecule has 0 aromatic carbocycles. The predicted molar refractivity (Wildman–Crippen MR) is 89.6 cm³/mol. The first-order valence-electron chi connectivity index (χ1n) is 7.79. The van der Waals surface area contributed by atoms with Crippen molar-refractivity contribution in [3.8, 4) is 0 Å². The Labute approximate surface area is 137 Å². The summed E-state index contributed by atoms with van der Waals surface area (Å²) in [4.78, 5) is 43.8. The van der Waals surface area contributed by atoms with Gasteiger partial charge >= 0.3 is 5.69 Å². The summed E-state index contributed by atoms with van der Waals surface area (Å²) in [5.74, 6) is 0.236. The van der Waals surface area contributed by atoms with Crippen molar-refractivity contribution in [1.29, 1.82) is 0 Å². The summed E-state index contributed by atoms with van der Waals surface area (Å²) in [5.41, 5.74) is 0.407. The van der Waals surface area contributed by atoms with E-state index in [9.17, 15) is 14.4 Å². The molecule has 126 valence electrons. The summed E-state index contributed by atoms with van der Waals surface area (Å²) in [5, 5.41) is 2.91. The zero-order chi connectivity index (χ0) is 17.3. The standard InChI is InChI=1S/C16H19N5O3/c1-9(2)10-3-5-11(6-4-10)18-12(22)7-21-8-17-14-13(21)15(23)20-16(24)19-14/h3-5,8-9,11H,6-7H2,1-2H3,(H,18,22)(H2,19,20,23,24). The molecule has 0 fully saturated rings. The van der Waals surface area contributed by atoms with E-state index in [1.807, 2.05) is 12.2 Å². The average Bonchev–Trinajstić information content (AvgIpc) is 2.90. The van der Waals surface area contributed by atoms with Gasteiger partial charge < -0.3 is 9.88 Å². The second-order valence-corrected chi connectivity index (χ2v) is 6.11. The van der Waals surface area contributed by atoms with Gasteiger partial charge in [0.1, 0.15) is 6.54 Å². The van der Waals surface area contributed by atoms with Gasteiger partial charge in [0.25, 0.3) is 5.56 Å². The van der Waals surface area contributed by atoms with Crippen LogP contribution in [0.2, 0.25) is 0 Å². The Hall–Kier alpha value is -2.90. The third kappa shape index (κ3) is 3.22. The normalized spacial score (nSPS) is 17.3. The third-order valence-electron chi connectivity index (χ3n) is 3.97. The molecular weight excluding hydrogens is 310 g/mol. The number of H-pyrrole nitrogens is 2. The molecule has 3 N–H and O–H groups in total. The highest BCUT2D eigenvalue weighted by Crippen LogP contribution is 2.17. The third-order valence-corrected chi connectivity index (χ3v) is 3.97. The van der Waals surface area contributed by atoms with Crippen LogP contribution in [0.25, 0.3) is 11.2 Å². The molecule has 0 bridgehead atoms. The number of hydrogen-bond acceptors (Lipinski definition) is 4. The highest BCUT2D eigenvalue weighted by atomic mass is 16.2. The number of aromatic nitrogens is 4. The summed E-state index contributed by atoms with van der Waals surface area (Å²) in [6.45, 7) is 4.21. The molecule has 2 aromatic rings. The summed E-state index contributed by atoms with van der Waals surface area (Å²) >= 11 is 0. The molecule has 8 nitrogen and oxygen atoms in total. The molecular formula is C16H19N5O3. The topological polar surface area (TPSA) is 113 Å². The SMILES string of the molecule is CC(C)C1=CCC(NC(=O)Cn2cnc3[nH]c(=O)[nH]c(=O)c32)C=C1. The Kier molecular flexibility index (Phi) is 4.20. The van der Waals surface area contributed by atoms with Crippen LogP contribution in [-0.2, 0) is 11.3 Å². The second kappa shape index (κ2) is 6.31. The van der Waals surface area contributed by atoms with Gasteiger partial charge in [0.05, 0.1) is 12.4 Å². The molecule has 1 unspecified atom stereocenters. The van der Waals surface area contributed by atoms with Gasteiger partial charge in [-0.15, -0.1) is 0 Å². The molecule has 0 spiro atoms. The highest BCUT2D eigenvalue weighted by Gasteiger charge is 2.15. The minimum Gasteiger partial charge on any atom is -0.348 e. The van der Waals surface area contributed by atoms with Crippen molar-refractivity contribution < 1.29 is 4.79 Å². The van der Waals surface area contributed by atoms with E-state index in [-0.39, 0.29) is 29.7 Å². The molecule has 0 saturated carbocycles. The maximum absolute atomic E-state index is 12.2. The van der Waals surface area contributed by atoms with Gasteiger partial charge in [-0.2, -0.15) is 0 Å². The fourth-order valence-electron chi connectivity index (χ4n) is 2.71. The van der Waals surface area contributed by atoms with E-state index in [2.05, 4.69) is 40.2 Å². The van der Waals surface area contributed by atoms with Crippen molar-refractivity contribution in [2.75, 3.05) is 0 Å².